The van der Waals surface area contributed by atoms with Gasteiger partial charge in [-0.2, -0.15) is 35.1 Å². The SMILES string of the molecule is CCCC1CCC(C2CCC(C(F)(F)Oc3ccc(-c4ccc(OC)c(C(F)(F)F)c4C(F)(F)F)cc3)CC2)CC1. The third kappa shape index (κ3) is 7.28. The fraction of sp³-hybridized carbons (Fsp3) is 0.613. The normalized spacial score (nSPS) is 24.2. The van der Waals surface area contributed by atoms with E-state index in [-0.39, 0.29) is 11.3 Å². The molecule has 4 rings (SSSR count). The van der Waals surface area contributed by atoms with Crippen molar-refractivity contribution in [3.8, 4) is 22.6 Å². The topological polar surface area (TPSA) is 18.5 Å². The summed E-state index contributed by atoms with van der Waals surface area (Å²) < 4.78 is 122. The molecule has 0 spiro atoms. The molecule has 2 aliphatic rings. The van der Waals surface area contributed by atoms with Crippen LogP contribution in [0.15, 0.2) is 36.4 Å². The molecule has 0 amide bonds. The molecule has 0 unspecified atom stereocenters. The van der Waals surface area contributed by atoms with E-state index in [0.29, 0.717) is 37.5 Å². The smallest absolute Gasteiger partial charge is 0.420 e. The van der Waals surface area contributed by atoms with Gasteiger partial charge in [0.05, 0.1) is 18.6 Å². The Labute approximate surface area is 235 Å². The molecule has 0 bridgehead atoms. The zero-order chi connectivity index (χ0) is 30.0. The molecule has 2 aromatic carbocycles. The number of alkyl halides is 8. The Morgan fingerprint density at radius 3 is 1.71 bits per heavy atom. The highest BCUT2D eigenvalue weighted by molar-refractivity contribution is 5.72. The largest absolute Gasteiger partial charge is 0.496 e. The zero-order valence-electron chi connectivity index (χ0n) is 23.2. The molecule has 2 nitrogen and oxygen atoms in total. The first-order valence-corrected chi connectivity index (χ1v) is 14.3. The minimum atomic E-state index is -5.36. The van der Waals surface area contributed by atoms with Gasteiger partial charge in [-0.15, -0.1) is 0 Å². The van der Waals surface area contributed by atoms with Crippen molar-refractivity contribution in [2.24, 2.45) is 23.7 Å². The van der Waals surface area contributed by atoms with Gasteiger partial charge < -0.3 is 9.47 Å². The highest BCUT2D eigenvalue weighted by Gasteiger charge is 2.48. The highest BCUT2D eigenvalue weighted by atomic mass is 19.4. The maximum Gasteiger partial charge on any atom is 0.420 e. The van der Waals surface area contributed by atoms with Gasteiger partial charge >= 0.3 is 18.5 Å². The van der Waals surface area contributed by atoms with Crippen LogP contribution in [0.5, 0.6) is 11.5 Å². The molecule has 0 aromatic heterocycles. The molecule has 0 radical (unpaired) electrons. The van der Waals surface area contributed by atoms with Gasteiger partial charge in [0.1, 0.15) is 17.1 Å². The van der Waals surface area contributed by atoms with Crippen LogP contribution < -0.4 is 9.47 Å². The van der Waals surface area contributed by atoms with Crippen molar-refractivity contribution < 1.29 is 44.6 Å². The lowest BCUT2D eigenvalue weighted by atomic mass is 9.68. The highest BCUT2D eigenvalue weighted by Crippen LogP contribution is 2.50. The summed E-state index contributed by atoms with van der Waals surface area (Å²) in [6, 6.07) is 5.89. The van der Waals surface area contributed by atoms with Crippen LogP contribution in [0.1, 0.15) is 82.3 Å². The minimum Gasteiger partial charge on any atom is -0.496 e. The van der Waals surface area contributed by atoms with Crippen LogP contribution in [-0.2, 0) is 12.4 Å². The molecule has 0 N–H and O–H groups in total. The van der Waals surface area contributed by atoms with Gasteiger partial charge in [-0.3, -0.25) is 0 Å². The number of rotatable bonds is 8. The molecule has 2 aliphatic carbocycles. The Balaban J connectivity index is 1.44. The Kier molecular flexibility index (Phi) is 9.48. The molecule has 41 heavy (non-hydrogen) atoms. The van der Waals surface area contributed by atoms with Crippen LogP contribution in [0.2, 0.25) is 0 Å². The minimum absolute atomic E-state index is 0.227. The Morgan fingerprint density at radius 1 is 0.683 bits per heavy atom. The van der Waals surface area contributed by atoms with E-state index in [2.05, 4.69) is 11.7 Å². The van der Waals surface area contributed by atoms with Crippen LogP contribution in [0.25, 0.3) is 11.1 Å². The second kappa shape index (κ2) is 12.4. The summed E-state index contributed by atoms with van der Waals surface area (Å²) in [5.74, 6) is -0.405. The number of ether oxygens (including phenoxy) is 2. The fourth-order valence-corrected chi connectivity index (χ4v) is 6.80. The van der Waals surface area contributed by atoms with Crippen molar-refractivity contribution in [1.29, 1.82) is 0 Å². The van der Waals surface area contributed by atoms with E-state index in [4.69, 9.17) is 4.74 Å². The van der Waals surface area contributed by atoms with Crippen molar-refractivity contribution in [2.45, 2.75) is 89.6 Å². The molecule has 2 saturated carbocycles. The summed E-state index contributed by atoms with van der Waals surface area (Å²) in [4.78, 5) is 0. The second-order valence-corrected chi connectivity index (χ2v) is 11.4. The molecule has 0 atom stereocenters. The second-order valence-electron chi connectivity index (χ2n) is 11.4. The van der Waals surface area contributed by atoms with E-state index in [0.717, 1.165) is 62.3 Å². The van der Waals surface area contributed by atoms with Crippen LogP contribution in [-0.4, -0.2) is 13.2 Å². The van der Waals surface area contributed by atoms with Gasteiger partial charge in [-0.05, 0) is 85.6 Å². The first kappa shape index (κ1) is 31.4. The summed E-state index contributed by atoms with van der Waals surface area (Å²) >= 11 is 0. The van der Waals surface area contributed by atoms with Crippen molar-refractivity contribution in [3.05, 3.63) is 47.5 Å². The van der Waals surface area contributed by atoms with Gasteiger partial charge in [0.15, 0.2) is 0 Å². The van der Waals surface area contributed by atoms with Crippen molar-refractivity contribution in [3.63, 3.8) is 0 Å². The summed E-state index contributed by atoms with van der Waals surface area (Å²) in [6.45, 7) is 2.20. The number of methoxy groups -OCH3 is 1. The number of hydrogen-bond donors (Lipinski definition) is 0. The van der Waals surface area contributed by atoms with Crippen LogP contribution in [0.4, 0.5) is 35.1 Å². The summed E-state index contributed by atoms with van der Waals surface area (Å²) in [5.41, 5.74) is -4.82. The zero-order valence-corrected chi connectivity index (χ0v) is 23.2. The van der Waals surface area contributed by atoms with Gasteiger partial charge in [0.25, 0.3) is 0 Å². The fourth-order valence-electron chi connectivity index (χ4n) is 6.80. The summed E-state index contributed by atoms with van der Waals surface area (Å²) in [5, 5.41) is 0. The summed E-state index contributed by atoms with van der Waals surface area (Å²) in [6.07, 6.45) is -4.91. The molecule has 2 aromatic rings. The quantitative estimate of drug-likeness (QED) is 0.284. The molecule has 228 valence electrons. The molecular weight excluding hydrogens is 556 g/mol. The number of halogens is 8. The molecular formula is C31H36F8O2. The first-order chi connectivity index (χ1) is 19.2. The van der Waals surface area contributed by atoms with Gasteiger partial charge in [0.2, 0.25) is 0 Å². The first-order valence-electron chi connectivity index (χ1n) is 14.3. The van der Waals surface area contributed by atoms with Gasteiger partial charge in [-0.25, -0.2) is 0 Å². The summed E-state index contributed by atoms with van der Waals surface area (Å²) in [7, 11) is 0.849. The Bertz CT molecular complexity index is 1140. The molecule has 0 saturated heterocycles. The lowest BCUT2D eigenvalue weighted by molar-refractivity contribution is -0.224. The van der Waals surface area contributed by atoms with Crippen molar-refractivity contribution in [2.75, 3.05) is 7.11 Å². The van der Waals surface area contributed by atoms with E-state index in [1.54, 1.807) is 0 Å². The van der Waals surface area contributed by atoms with E-state index in [1.807, 2.05) is 0 Å². The van der Waals surface area contributed by atoms with E-state index >= 15 is 8.78 Å². The molecule has 10 heteroatoms. The maximum atomic E-state index is 15.1. The van der Waals surface area contributed by atoms with Crippen LogP contribution in [0, 0.1) is 23.7 Å². The lowest BCUT2D eigenvalue weighted by Gasteiger charge is -2.39. The lowest BCUT2D eigenvalue weighted by Crippen LogP contribution is -2.38. The Hall–Kier alpha value is -2.52. The number of hydrogen-bond acceptors (Lipinski definition) is 2. The third-order valence-electron chi connectivity index (χ3n) is 8.88. The monoisotopic (exact) mass is 592 g/mol. The molecule has 2 fully saturated rings. The Morgan fingerprint density at radius 2 is 1.22 bits per heavy atom. The van der Waals surface area contributed by atoms with E-state index in [9.17, 15) is 26.3 Å². The molecule has 0 aliphatic heterocycles. The predicted molar refractivity (Wildman–Crippen MR) is 140 cm³/mol. The predicted octanol–water partition coefficient (Wildman–Crippen LogP) is 10.8. The maximum absolute atomic E-state index is 15.1. The van der Waals surface area contributed by atoms with Crippen molar-refractivity contribution in [1.82, 2.24) is 0 Å². The molecule has 0 heterocycles. The third-order valence-corrected chi connectivity index (χ3v) is 8.88. The van der Waals surface area contributed by atoms with E-state index in [1.165, 1.54) is 25.7 Å². The van der Waals surface area contributed by atoms with Crippen LogP contribution in [0.3, 0.4) is 0 Å². The van der Waals surface area contributed by atoms with E-state index < -0.39 is 46.8 Å². The van der Waals surface area contributed by atoms with Crippen molar-refractivity contribution >= 4 is 0 Å². The van der Waals surface area contributed by atoms with Gasteiger partial charge in [-0.1, -0.05) is 50.8 Å². The number of benzene rings is 2. The standard InChI is InChI=1S/C31H36F8O2/c1-3-4-19-5-7-20(8-6-19)21-9-13-23(14-10-21)31(38,39)41-24-15-11-22(12-16-24)25-17-18-26(40-2)28(30(35,36)37)27(25)29(32,33)34/h11-12,15-21,23H,3-10,13-14H2,1-2H3. The van der Waals surface area contributed by atoms with Crippen LogP contribution >= 0.6 is 0 Å². The average molecular weight is 593 g/mol. The average Bonchev–Trinajstić information content (AvgIpc) is 2.92. The van der Waals surface area contributed by atoms with Gasteiger partial charge in [0, 0.05) is 0 Å².